The number of rotatable bonds is 8. The SMILES string of the molecule is COc1cc(C2CCN(C3CCOCC3)CC2)cnc1Cn1ncc2nc(N)nc(NCC3CCCC3)c21. The number of anilines is 2. The van der Waals surface area contributed by atoms with E-state index < -0.39 is 0 Å². The van der Waals surface area contributed by atoms with Gasteiger partial charge in [-0.3, -0.25) is 9.67 Å². The molecule has 3 aliphatic rings. The Balaban J connectivity index is 1.17. The summed E-state index contributed by atoms with van der Waals surface area (Å²) >= 11 is 0. The number of ether oxygens (including phenoxy) is 2. The summed E-state index contributed by atoms with van der Waals surface area (Å²) in [5.74, 6) is 2.98. The lowest BCUT2D eigenvalue weighted by atomic mass is 9.89. The smallest absolute Gasteiger partial charge is 0.222 e. The van der Waals surface area contributed by atoms with Gasteiger partial charge in [0.05, 0.1) is 19.9 Å². The molecule has 0 bridgehead atoms. The Morgan fingerprint density at radius 2 is 1.84 bits per heavy atom. The van der Waals surface area contributed by atoms with Gasteiger partial charge in [-0.2, -0.15) is 10.1 Å². The summed E-state index contributed by atoms with van der Waals surface area (Å²) in [6, 6.07) is 2.86. The van der Waals surface area contributed by atoms with E-state index in [1.165, 1.54) is 31.2 Å². The third-order valence-electron chi connectivity index (χ3n) is 8.72. The summed E-state index contributed by atoms with van der Waals surface area (Å²) in [5, 5.41) is 8.16. The van der Waals surface area contributed by atoms with E-state index in [0.29, 0.717) is 24.4 Å². The first-order valence-electron chi connectivity index (χ1n) is 14.3. The monoisotopic (exact) mass is 520 g/mol. The highest BCUT2D eigenvalue weighted by atomic mass is 16.5. The normalized spacial score (nSPS) is 20.3. The van der Waals surface area contributed by atoms with Gasteiger partial charge in [-0.25, -0.2) is 4.98 Å². The first-order valence-corrected chi connectivity index (χ1v) is 14.3. The quantitative estimate of drug-likeness (QED) is 0.457. The van der Waals surface area contributed by atoms with Crippen molar-refractivity contribution in [1.29, 1.82) is 0 Å². The molecule has 0 radical (unpaired) electrons. The van der Waals surface area contributed by atoms with E-state index in [2.05, 4.69) is 31.3 Å². The summed E-state index contributed by atoms with van der Waals surface area (Å²) in [6.45, 7) is 5.43. The maximum absolute atomic E-state index is 6.01. The topological polar surface area (TPSA) is 116 Å². The van der Waals surface area contributed by atoms with Crippen molar-refractivity contribution >= 4 is 22.8 Å². The van der Waals surface area contributed by atoms with E-state index in [4.69, 9.17) is 20.2 Å². The molecule has 3 aromatic heterocycles. The van der Waals surface area contributed by atoms with Crippen molar-refractivity contribution in [2.75, 3.05) is 51.0 Å². The lowest BCUT2D eigenvalue weighted by molar-refractivity contribution is 0.0251. The molecule has 1 aliphatic carbocycles. The summed E-state index contributed by atoms with van der Waals surface area (Å²) in [6.07, 6.45) is 13.5. The number of methoxy groups -OCH3 is 1. The average Bonchev–Trinajstić information content (AvgIpc) is 3.63. The zero-order valence-corrected chi connectivity index (χ0v) is 22.4. The maximum atomic E-state index is 6.01. The molecule has 3 N–H and O–H groups in total. The van der Waals surface area contributed by atoms with Crippen LogP contribution in [-0.2, 0) is 11.3 Å². The molecule has 3 aromatic rings. The molecule has 5 heterocycles. The molecule has 1 saturated carbocycles. The molecule has 2 saturated heterocycles. The number of piperidine rings is 1. The second kappa shape index (κ2) is 11.4. The number of hydrogen-bond donors (Lipinski definition) is 2. The molecule has 10 heteroatoms. The van der Waals surface area contributed by atoms with Gasteiger partial charge in [0.1, 0.15) is 22.5 Å². The van der Waals surface area contributed by atoms with E-state index >= 15 is 0 Å². The molecule has 6 rings (SSSR count). The largest absolute Gasteiger partial charge is 0.495 e. The van der Waals surface area contributed by atoms with Crippen molar-refractivity contribution in [2.45, 2.75) is 69.9 Å². The van der Waals surface area contributed by atoms with E-state index in [1.54, 1.807) is 13.3 Å². The van der Waals surface area contributed by atoms with E-state index in [-0.39, 0.29) is 5.95 Å². The van der Waals surface area contributed by atoms with Crippen LogP contribution in [-0.4, -0.2) is 75.6 Å². The molecule has 0 aromatic carbocycles. The summed E-state index contributed by atoms with van der Waals surface area (Å²) < 4.78 is 13.3. The van der Waals surface area contributed by atoms with E-state index in [1.807, 2.05) is 10.9 Å². The highest BCUT2D eigenvalue weighted by molar-refractivity contribution is 5.86. The number of pyridine rings is 1. The molecule has 2 aliphatic heterocycles. The lowest BCUT2D eigenvalue weighted by Crippen LogP contribution is -2.43. The second-order valence-corrected chi connectivity index (χ2v) is 11.1. The zero-order valence-electron chi connectivity index (χ0n) is 22.4. The predicted molar refractivity (Wildman–Crippen MR) is 147 cm³/mol. The van der Waals surface area contributed by atoms with Gasteiger partial charge < -0.3 is 25.4 Å². The Labute approximate surface area is 224 Å². The van der Waals surface area contributed by atoms with Gasteiger partial charge in [0.25, 0.3) is 0 Å². The number of nitrogen functional groups attached to an aromatic ring is 1. The van der Waals surface area contributed by atoms with Crippen LogP contribution in [0.3, 0.4) is 0 Å². The summed E-state index contributed by atoms with van der Waals surface area (Å²) in [4.78, 5) is 16.5. The highest BCUT2D eigenvalue weighted by Crippen LogP contribution is 2.33. The fraction of sp³-hybridized carbons (Fsp3) is 0.643. The van der Waals surface area contributed by atoms with Crippen LogP contribution in [0, 0.1) is 5.92 Å². The van der Waals surface area contributed by atoms with Gasteiger partial charge in [-0.1, -0.05) is 12.8 Å². The Morgan fingerprint density at radius 3 is 2.61 bits per heavy atom. The molecule has 0 spiro atoms. The first-order chi connectivity index (χ1) is 18.7. The van der Waals surface area contributed by atoms with Gasteiger partial charge in [-0.15, -0.1) is 0 Å². The van der Waals surface area contributed by atoms with Crippen molar-refractivity contribution in [1.82, 2.24) is 29.6 Å². The number of hydrogen-bond acceptors (Lipinski definition) is 9. The van der Waals surface area contributed by atoms with Crippen LogP contribution in [0.1, 0.15) is 68.5 Å². The molecule has 204 valence electrons. The fourth-order valence-electron chi connectivity index (χ4n) is 6.51. The van der Waals surface area contributed by atoms with Crippen LogP contribution < -0.4 is 15.8 Å². The van der Waals surface area contributed by atoms with E-state index in [9.17, 15) is 0 Å². The first kappa shape index (κ1) is 25.3. The number of fused-ring (bicyclic) bond motifs is 1. The van der Waals surface area contributed by atoms with Crippen LogP contribution in [0.2, 0.25) is 0 Å². The number of nitrogens with one attached hydrogen (secondary N) is 1. The van der Waals surface area contributed by atoms with Crippen LogP contribution in [0.15, 0.2) is 18.5 Å². The van der Waals surface area contributed by atoms with Gasteiger partial charge in [0.15, 0.2) is 5.82 Å². The second-order valence-electron chi connectivity index (χ2n) is 11.1. The van der Waals surface area contributed by atoms with Gasteiger partial charge >= 0.3 is 0 Å². The number of likely N-dealkylation sites (tertiary alicyclic amines) is 1. The molecule has 3 fully saturated rings. The molecule has 10 nitrogen and oxygen atoms in total. The third-order valence-corrected chi connectivity index (χ3v) is 8.72. The minimum absolute atomic E-state index is 0.258. The maximum Gasteiger partial charge on any atom is 0.222 e. The Morgan fingerprint density at radius 1 is 1.05 bits per heavy atom. The molecule has 0 atom stereocenters. The van der Waals surface area contributed by atoms with Crippen molar-refractivity contribution < 1.29 is 9.47 Å². The Kier molecular flexibility index (Phi) is 7.60. The van der Waals surface area contributed by atoms with Crippen molar-refractivity contribution in [3.63, 3.8) is 0 Å². The van der Waals surface area contributed by atoms with Crippen LogP contribution in [0.4, 0.5) is 11.8 Å². The lowest BCUT2D eigenvalue weighted by Gasteiger charge is -2.39. The van der Waals surface area contributed by atoms with Crippen LogP contribution >= 0.6 is 0 Å². The third kappa shape index (κ3) is 5.42. The number of nitrogens with two attached hydrogens (primary N) is 1. The van der Waals surface area contributed by atoms with E-state index in [0.717, 1.165) is 86.8 Å². The number of aromatic nitrogens is 5. The van der Waals surface area contributed by atoms with Crippen LogP contribution in [0.25, 0.3) is 11.0 Å². The zero-order chi connectivity index (χ0) is 25.9. The van der Waals surface area contributed by atoms with Gasteiger partial charge in [0, 0.05) is 32.0 Å². The Bertz CT molecular complexity index is 1230. The number of nitrogens with zero attached hydrogens (tertiary/aromatic N) is 6. The van der Waals surface area contributed by atoms with Crippen molar-refractivity contribution in [2.24, 2.45) is 5.92 Å². The summed E-state index contributed by atoms with van der Waals surface area (Å²) in [7, 11) is 1.72. The van der Waals surface area contributed by atoms with Gasteiger partial charge in [-0.05, 0) is 75.1 Å². The molecule has 0 amide bonds. The molecule has 38 heavy (non-hydrogen) atoms. The standard InChI is InChI=1S/C28H40N8O2/c1-37-25-14-21(20-6-10-35(11-7-20)22-8-12-38-13-9-22)16-30-24(25)18-36-26-23(17-32-36)33-28(29)34-27(26)31-15-19-4-2-3-5-19/h14,16-17,19-20,22H,2-13,15,18H2,1H3,(H3,29,31,33,34). The fourth-order valence-corrected chi connectivity index (χ4v) is 6.51. The van der Waals surface area contributed by atoms with Gasteiger partial charge in [0.2, 0.25) is 5.95 Å². The van der Waals surface area contributed by atoms with Crippen molar-refractivity contribution in [3.05, 3.63) is 29.7 Å². The van der Waals surface area contributed by atoms with Crippen molar-refractivity contribution in [3.8, 4) is 5.75 Å². The minimum atomic E-state index is 0.258. The highest BCUT2D eigenvalue weighted by Gasteiger charge is 2.28. The van der Waals surface area contributed by atoms with Crippen LogP contribution in [0.5, 0.6) is 5.75 Å². The predicted octanol–water partition coefficient (Wildman–Crippen LogP) is 3.82. The summed E-state index contributed by atoms with van der Waals surface area (Å²) in [5.41, 5.74) is 9.71. The molecular weight excluding hydrogens is 480 g/mol. The molecular formula is C28H40N8O2. The minimum Gasteiger partial charge on any atom is -0.495 e. The molecule has 0 unspecified atom stereocenters. The average molecular weight is 521 g/mol. The Hall–Kier alpha value is -2.98.